The maximum atomic E-state index is 12.1. The Bertz CT molecular complexity index is 1070. The highest BCUT2D eigenvalue weighted by molar-refractivity contribution is 7.13. The summed E-state index contributed by atoms with van der Waals surface area (Å²) in [7, 11) is 0. The highest BCUT2D eigenvalue weighted by Gasteiger charge is 2.11. The van der Waals surface area contributed by atoms with Gasteiger partial charge in [-0.05, 0) is 24.3 Å². The number of ether oxygens (including phenoxy) is 1. The summed E-state index contributed by atoms with van der Waals surface area (Å²) in [5.41, 5.74) is 8.56. The molecule has 2 aromatic carbocycles. The molecule has 0 saturated heterocycles. The Morgan fingerprint density at radius 1 is 1.20 bits per heavy atom. The number of hydrogen-bond acceptors (Lipinski definition) is 6. The average molecular weight is 353 g/mol. The number of nitrogens with zero attached hydrogens (tertiary/aromatic N) is 2. The molecule has 2 aromatic heterocycles. The maximum Gasteiger partial charge on any atom is 0.420 e. The van der Waals surface area contributed by atoms with Crippen LogP contribution in [0.3, 0.4) is 0 Å². The highest BCUT2D eigenvalue weighted by atomic mass is 32.1. The van der Waals surface area contributed by atoms with Gasteiger partial charge >= 0.3 is 5.76 Å². The molecule has 126 valence electrons. The summed E-state index contributed by atoms with van der Waals surface area (Å²) in [4.78, 5) is 16.4. The Morgan fingerprint density at radius 2 is 2.04 bits per heavy atom. The van der Waals surface area contributed by atoms with Gasteiger partial charge in [0.25, 0.3) is 0 Å². The molecule has 25 heavy (non-hydrogen) atoms. The van der Waals surface area contributed by atoms with Gasteiger partial charge in [-0.25, -0.2) is 9.78 Å². The number of aromatic nitrogens is 2. The van der Waals surface area contributed by atoms with Crippen LogP contribution in [-0.2, 0) is 6.54 Å². The second-order valence-electron chi connectivity index (χ2n) is 5.43. The van der Waals surface area contributed by atoms with E-state index in [0.717, 1.165) is 22.5 Å². The van der Waals surface area contributed by atoms with E-state index in [1.807, 2.05) is 47.8 Å². The smallest absolute Gasteiger partial charge is 0.420 e. The first-order chi connectivity index (χ1) is 12.2. The lowest BCUT2D eigenvalue weighted by Crippen LogP contribution is -2.18. The average Bonchev–Trinajstić information content (AvgIpc) is 3.19. The molecule has 0 bridgehead atoms. The van der Waals surface area contributed by atoms with Crippen LogP contribution in [0, 0.1) is 0 Å². The molecular weight excluding hydrogens is 338 g/mol. The molecule has 0 unspecified atom stereocenters. The summed E-state index contributed by atoms with van der Waals surface area (Å²) in [6.45, 7) is 0.784. The molecule has 6 nitrogen and oxygen atoms in total. The van der Waals surface area contributed by atoms with E-state index in [1.165, 1.54) is 11.3 Å². The summed E-state index contributed by atoms with van der Waals surface area (Å²) < 4.78 is 12.6. The molecular formula is C18H15N3O3S. The van der Waals surface area contributed by atoms with Gasteiger partial charge in [-0.3, -0.25) is 4.57 Å². The number of hydrogen-bond donors (Lipinski definition) is 1. The quantitative estimate of drug-likeness (QED) is 0.595. The third-order valence-electron chi connectivity index (χ3n) is 3.81. The van der Waals surface area contributed by atoms with E-state index in [1.54, 1.807) is 10.6 Å². The van der Waals surface area contributed by atoms with Crippen LogP contribution in [0.25, 0.3) is 22.4 Å². The van der Waals surface area contributed by atoms with Gasteiger partial charge < -0.3 is 14.9 Å². The fourth-order valence-electron chi connectivity index (χ4n) is 2.63. The minimum absolute atomic E-state index is 0.378. The second-order valence-corrected chi connectivity index (χ2v) is 6.32. The molecule has 0 aliphatic carbocycles. The second kappa shape index (κ2) is 6.45. The summed E-state index contributed by atoms with van der Waals surface area (Å²) in [5, 5.41) is 2.38. The Balaban J connectivity index is 1.57. The van der Waals surface area contributed by atoms with Gasteiger partial charge in [-0.15, -0.1) is 11.3 Å². The molecule has 0 radical (unpaired) electrons. The number of anilines is 1. The van der Waals surface area contributed by atoms with E-state index in [4.69, 9.17) is 14.9 Å². The number of oxazole rings is 1. The van der Waals surface area contributed by atoms with E-state index < -0.39 is 5.76 Å². The van der Waals surface area contributed by atoms with E-state index in [-0.39, 0.29) is 0 Å². The lowest BCUT2D eigenvalue weighted by Gasteiger charge is -2.06. The number of rotatable bonds is 5. The van der Waals surface area contributed by atoms with Crippen LogP contribution in [0.5, 0.6) is 5.75 Å². The van der Waals surface area contributed by atoms with Crippen molar-refractivity contribution in [3.05, 3.63) is 64.5 Å². The predicted molar refractivity (Wildman–Crippen MR) is 97.9 cm³/mol. The molecule has 4 rings (SSSR count). The number of para-hydroxylation sites is 1. The number of thiazole rings is 1. The maximum absolute atomic E-state index is 12.1. The van der Waals surface area contributed by atoms with Crippen molar-refractivity contribution in [2.45, 2.75) is 6.54 Å². The van der Waals surface area contributed by atoms with Crippen molar-refractivity contribution in [2.24, 2.45) is 0 Å². The van der Waals surface area contributed by atoms with Gasteiger partial charge in [-0.1, -0.05) is 24.3 Å². The molecule has 2 N–H and O–H groups in total. The van der Waals surface area contributed by atoms with Gasteiger partial charge in [0.05, 0.1) is 17.8 Å². The van der Waals surface area contributed by atoms with Crippen LogP contribution in [0.15, 0.2) is 63.1 Å². The van der Waals surface area contributed by atoms with E-state index in [9.17, 15) is 4.79 Å². The first kappa shape index (κ1) is 15.5. The van der Waals surface area contributed by atoms with Crippen molar-refractivity contribution in [3.8, 4) is 17.0 Å². The van der Waals surface area contributed by atoms with Crippen LogP contribution >= 0.6 is 11.3 Å². The molecule has 0 saturated carbocycles. The monoisotopic (exact) mass is 353 g/mol. The molecule has 0 fully saturated rings. The van der Waals surface area contributed by atoms with Gasteiger partial charge in [-0.2, -0.15) is 0 Å². The lowest BCUT2D eigenvalue weighted by molar-refractivity contribution is 0.294. The molecule has 0 atom stereocenters. The minimum Gasteiger partial charge on any atom is -0.492 e. The Labute approximate surface area is 147 Å². The van der Waals surface area contributed by atoms with Crippen LogP contribution in [-0.4, -0.2) is 16.2 Å². The topological polar surface area (TPSA) is 83.3 Å². The zero-order chi connectivity index (χ0) is 17.2. The number of benzene rings is 2. The largest absolute Gasteiger partial charge is 0.492 e. The molecule has 7 heteroatoms. The fraction of sp³-hybridized carbons (Fsp3) is 0.111. The van der Waals surface area contributed by atoms with E-state index in [0.29, 0.717) is 23.9 Å². The normalized spacial score (nSPS) is 11.0. The van der Waals surface area contributed by atoms with Crippen LogP contribution in [0.2, 0.25) is 0 Å². The van der Waals surface area contributed by atoms with Crippen molar-refractivity contribution in [3.63, 3.8) is 0 Å². The third-order valence-corrected chi connectivity index (χ3v) is 4.49. The van der Waals surface area contributed by atoms with Gasteiger partial charge in [0.2, 0.25) is 0 Å². The summed E-state index contributed by atoms with van der Waals surface area (Å²) >= 11 is 1.37. The molecule has 0 aliphatic heterocycles. The Morgan fingerprint density at radius 3 is 2.80 bits per heavy atom. The highest BCUT2D eigenvalue weighted by Crippen LogP contribution is 2.26. The summed E-state index contributed by atoms with van der Waals surface area (Å²) in [6.07, 6.45) is 0. The lowest BCUT2D eigenvalue weighted by atomic mass is 10.1. The van der Waals surface area contributed by atoms with E-state index >= 15 is 0 Å². The van der Waals surface area contributed by atoms with Crippen molar-refractivity contribution < 1.29 is 9.15 Å². The SMILES string of the molecule is Nc1nc(-c2ccc3c(c2)oc(=O)n3CCOc2ccccc2)cs1. The van der Waals surface area contributed by atoms with Crippen molar-refractivity contribution in [2.75, 3.05) is 12.3 Å². The van der Waals surface area contributed by atoms with E-state index in [2.05, 4.69) is 4.98 Å². The number of nitrogen functional groups attached to an aromatic ring is 1. The Hall–Kier alpha value is -3.06. The van der Waals surface area contributed by atoms with Crippen LogP contribution in [0.1, 0.15) is 0 Å². The van der Waals surface area contributed by atoms with Crippen molar-refractivity contribution >= 4 is 27.6 Å². The molecule has 0 spiro atoms. The fourth-order valence-corrected chi connectivity index (χ4v) is 3.20. The standard InChI is InChI=1S/C18H15N3O3S/c19-17-20-14(11-25-17)12-6-7-15-16(10-12)24-18(22)21(15)8-9-23-13-4-2-1-3-5-13/h1-7,10-11H,8-9H2,(H2,19,20). The molecule has 0 aliphatic rings. The van der Waals surface area contributed by atoms with Gasteiger partial charge in [0, 0.05) is 10.9 Å². The van der Waals surface area contributed by atoms with Crippen LogP contribution in [0.4, 0.5) is 5.13 Å². The minimum atomic E-state index is -0.401. The molecule has 2 heterocycles. The van der Waals surface area contributed by atoms with Gasteiger partial charge in [0.1, 0.15) is 12.4 Å². The predicted octanol–water partition coefficient (Wildman–Crippen LogP) is 3.38. The summed E-state index contributed by atoms with van der Waals surface area (Å²) in [6, 6.07) is 15.1. The number of nitrogens with two attached hydrogens (primary N) is 1. The first-order valence-electron chi connectivity index (χ1n) is 7.73. The first-order valence-corrected chi connectivity index (χ1v) is 8.61. The zero-order valence-electron chi connectivity index (χ0n) is 13.2. The molecule has 0 amide bonds. The summed E-state index contributed by atoms with van der Waals surface area (Å²) in [5.74, 6) is 0.369. The Kier molecular flexibility index (Phi) is 3.99. The third kappa shape index (κ3) is 3.14. The molecule has 4 aromatic rings. The van der Waals surface area contributed by atoms with Gasteiger partial charge in [0.15, 0.2) is 10.7 Å². The van der Waals surface area contributed by atoms with Crippen LogP contribution < -0.4 is 16.2 Å². The van der Waals surface area contributed by atoms with Crippen molar-refractivity contribution in [1.82, 2.24) is 9.55 Å². The zero-order valence-corrected chi connectivity index (χ0v) is 14.0. The van der Waals surface area contributed by atoms with Crippen molar-refractivity contribution in [1.29, 1.82) is 0 Å². The number of fused-ring (bicyclic) bond motifs is 1.